The standard InChI is InChI=1S/C27H34O2/c1-18(2)21-16-20-12-13-24-26(3,4)14-9-15-27(24,5)22(20)17-23(21)29-25(28)19-10-7-6-8-11-19/h6-8,10-11,16-18,24H,9,12-15H2,1-5H3/t24-,27+/m0/s1. The van der Waals surface area contributed by atoms with E-state index in [9.17, 15) is 4.79 Å². The van der Waals surface area contributed by atoms with E-state index < -0.39 is 0 Å². The summed E-state index contributed by atoms with van der Waals surface area (Å²) in [5.74, 6) is 1.47. The van der Waals surface area contributed by atoms with E-state index >= 15 is 0 Å². The number of fused-ring (bicyclic) bond motifs is 3. The lowest BCUT2D eigenvalue weighted by Gasteiger charge is -2.54. The zero-order valence-corrected chi connectivity index (χ0v) is 18.5. The summed E-state index contributed by atoms with van der Waals surface area (Å²) < 4.78 is 6.00. The molecule has 1 fully saturated rings. The molecule has 0 bridgehead atoms. The van der Waals surface area contributed by atoms with E-state index in [2.05, 4.69) is 46.8 Å². The molecule has 0 aromatic heterocycles. The summed E-state index contributed by atoms with van der Waals surface area (Å²) in [5.41, 5.74) is 5.15. The van der Waals surface area contributed by atoms with Crippen LogP contribution in [0.4, 0.5) is 0 Å². The topological polar surface area (TPSA) is 26.3 Å². The predicted octanol–water partition coefficient (Wildman–Crippen LogP) is 7.06. The molecule has 0 saturated heterocycles. The Kier molecular flexibility index (Phi) is 5.09. The van der Waals surface area contributed by atoms with E-state index in [1.54, 1.807) is 0 Å². The maximum Gasteiger partial charge on any atom is 0.343 e. The van der Waals surface area contributed by atoms with E-state index in [1.807, 2.05) is 30.3 Å². The molecule has 2 heteroatoms. The van der Waals surface area contributed by atoms with Gasteiger partial charge < -0.3 is 4.74 Å². The van der Waals surface area contributed by atoms with Crippen molar-refractivity contribution in [3.8, 4) is 5.75 Å². The summed E-state index contributed by atoms with van der Waals surface area (Å²) in [4.78, 5) is 12.8. The molecule has 0 N–H and O–H groups in total. The lowest BCUT2D eigenvalue weighted by molar-refractivity contribution is 0.0404. The van der Waals surface area contributed by atoms with Crippen molar-refractivity contribution in [2.75, 3.05) is 0 Å². The second kappa shape index (κ2) is 7.31. The lowest BCUT2D eigenvalue weighted by atomic mass is 9.50. The average molecular weight is 391 g/mol. The molecule has 0 unspecified atom stereocenters. The molecule has 0 aliphatic heterocycles. The molecule has 0 amide bonds. The summed E-state index contributed by atoms with van der Waals surface area (Å²) in [7, 11) is 0. The Morgan fingerprint density at radius 3 is 2.48 bits per heavy atom. The van der Waals surface area contributed by atoms with Crippen LogP contribution in [0.5, 0.6) is 5.75 Å². The minimum absolute atomic E-state index is 0.165. The molecule has 2 aromatic rings. The molecular weight excluding hydrogens is 356 g/mol. The van der Waals surface area contributed by atoms with Gasteiger partial charge in [-0.15, -0.1) is 0 Å². The van der Waals surface area contributed by atoms with Gasteiger partial charge in [-0.3, -0.25) is 0 Å². The van der Waals surface area contributed by atoms with Crippen molar-refractivity contribution < 1.29 is 9.53 Å². The van der Waals surface area contributed by atoms with Crippen molar-refractivity contribution >= 4 is 5.97 Å². The first-order valence-corrected chi connectivity index (χ1v) is 11.2. The quantitative estimate of drug-likeness (QED) is 0.414. The van der Waals surface area contributed by atoms with Gasteiger partial charge in [-0.1, -0.05) is 65.3 Å². The Morgan fingerprint density at radius 1 is 1.07 bits per heavy atom. The first-order valence-electron chi connectivity index (χ1n) is 11.2. The number of ether oxygens (including phenoxy) is 1. The van der Waals surface area contributed by atoms with Crippen molar-refractivity contribution in [1.82, 2.24) is 0 Å². The number of rotatable bonds is 3. The van der Waals surface area contributed by atoms with Crippen LogP contribution in [0.3, 0.4) is 0 Å². The van der Waals surface area contributed by atoms with Gasteiger partial charge in [0.15, 0.2) is 0 Å². The third kappa shape index (κ3) is 3.52. The van der Waals surface area contributed by atoms with Gasteiger partial charge in [-0.25, -0.2) is 4.79 Å². The molecule has 29 heavy (non-hydrogen) atoms. The second-order valence-electron chi connectivity index (χ2n) is 10.3. The molecule has 2 aliphatic rings. The zero-order chi connectivity index (χ0) is 20.8. The third-order valence-corrected chi connectivity index (χ3v) is 7.62. The maximum absolute atomic E-state index is 12.8. The van der Waals surface area contributed by atoms with Crippen LogP contribution in [-0.4, -0.2) is 5.97 Å². The minimum atomic E-state index is -0.270. The number of hydrogen-bond donors (Lipinski definition) is 0. The number of benzene rings is 2. The number of esters is 1. The summed E-state index contributed by atoms with van der Waals surface area (Å²) in [6.45, 7) is 11.7. The predicted molar refractivity (Wildman–Crippen MR) is 119 cm³/mol. The van der Waals surface area contributed by atoms with Crippen LogP contribution in [0.25, 0.3) is 0 Å². The van der Waals surface area contributed by atoms with Gasteiger partial charge in [0.1, 0.15) is 5.75 Å². The van der Waals surface area contributed by atoms with Gasteiger partial charge in [0.05, 0.1) is 5.56 Å². The fraction of sp³-hybridized carbons (Fsp3) is 0.519. The van der Waals surface area contributed by atoms with Crippen molar-refractivity contribution in [1.29, 1.82) is 0 Å². The van der Waals surface area contributed by atoms with E-state index in [1.165, 1.54) is 36.8 Å². The Bertz CT molecular complexity index is 910. The average Bonchev–Trinajstić information content (AvgIpc) is 2.67. The Hall–Kier alpha value is -2.09. The molecule has 0 radical (unpaired) electrons. The first-order chi connectivity index (χ1) is 13.7. The molecule has 2 atom stereocenters. The minimum Gasteiger partial charge on any atom is -0.423 e. The molecular formula is C27H34O2. The highest BCUT2D eigenvalue weighted by Gasteiger charge is 2.49. The van der Waals surface area contributed by atoms with Gasteiger partial charge in [-0.2, -0.15) is 0 Å². The smallest absolute Gasteiger partial charge is 0.343 e. The molecule has 2 nitrogen and oxygen atoms in total. The zero-order valence-electron chi connectivity index (χ0n) is 18.5. The Morgan fingerprint density at radius 2 is 1.79 bits per heavy atom. The SMILES string of the molecule is CC(C)c1cc2c(cc1OC(=O)c1ccccc1)[C@@]1(C)CCCC(C)(C)[C@@H]1CC2. The second-order valence-corrected chi connectivity index (χ2v) is 10.3. The van der Waals surface area contributed by atoms with Crippen molar-refractivity contribution in [2.24, 2.45) is 11.3 Å². The molecule has 4 rings (SSSR count). The van der Waals surface area contributed by atoms with Crippen LogP contribution in [0, 0.1) is 11.3 Å². The monoisotopic (exact) mass is 390 g/mol. The molecule has 154 valence electrons. The van der Waals surface area contributed by atoms with Gasteiger partial charge in [-0.05, 0) is 83.2 Å². The van der Waals surface area contributed by atoms with Crippen LogP contribution < -0.4 is 4.74 Å². The van der Waals surface area contributed by atoms with Gasteiger partial charge in [0, 0.05) is 0 Å². The highest BCUT2D eigenvalue weighted by molar-refractivity contribution is 5.91. The summed E-state index contributed by atoms with van der Waals surface area (Å²) in [5, 5.41) is 0. The van der Waals surface area contributed by atoms with Crippen LogP contribution in [0.15, 0.2) is 42.5 Å². The highest BCUT2D eigenvalue weighted by Crippen LogP contribution is 2.57. The fourth-order valence-electron chi connectivity index (χ4n) is 6.11. The number of carbonyl (C=O) groups is 1. The fourth-order valence-corrected chi connectivity index (χ4v) is 6.11. The number of aryl methyl sites for hydroxylation is 1. The summed E-state index contributed by atoms with van der Waals surface area (Å²) >= 11 is 0. The number of hydrogen-bond acceptors (Lipinski definition) is 2. The molecule has 2 aromatic carbocycles. The molecule has 0 heterocycles. The summed E-state index contributed by atoms with van der Waals surface area (Å²) in [6.07, 6.45) is 6.19. The normalized spacial score (nSPS) is 25.2. The van der Waals surface area contributed by atoms with E-state index in [0.717, 1.165) is 17.7 Å². The molecule has 0 spiro atoms. The Labute approximate surface area is 175 Å². The van der Waals surface area contributed by atoms with Crippen LogP contribution in [0.2, 0.25) is 0 Å². The lowest BCUT2D eigenvalue weighted by Crippen LogP contribution is -2.47. The van der Waals surface area contributed by atoms with E-state index in [4.69, 9.17) is 4.74 Å². The maximum atomic E-state index is 12.8. The van der Waals surface area contributed by atoms with Crippen LogP contribution >= 0.6 is 0 Å². The highest BCUT2D eigenvalue weighted by atomic mass is 16.5. The van der Waals surface area contributed by atoms with Crippen LogP contribution in [0.1, 0.15) is 93.3 Å². The number of carbonyl (C=O) groups excluding carboxylic acids is 1. The van der Waals surface area contributed by atoms with Crippen molar-refractivity contribution in [3.05, 3.63) is 64.7 Å². The third-order valence-electron chi connectivity index (χ3n) is 7.62. The van der Waals surface area contributed by atoms with Crippen molar-refractivity contribution in [3.63, 3.8) is 0 Å². The van der Waals surface area contributed by atoms with Crippen LogP contribution in [-0.2, 0) is 11.8 Å². The largest absolute Gasteiger partial charge is 0.423 e. The van der Waals surface area contributed by atoms with Crippen molar-refractivity contribution in [2.45, 2.75) is 78.1 Å². The van der Waals surface area contributed by atoms with Gasteiger partial charge >= 0.3 is 5.97 Å². The van der Waals surface area contributed by atoms with Gasteiger partial charge in [0.25, 0.3) is 0 Å². The van der Waals surface area contributed by atoms with E-state index in [0.29, 0.717) is 22.8 Å². The molecule has 1 saturated carbocycles. The summed E-state index contributed by atoms with van der Waals surface area (Å²) in [6, 6.07) is 13.9. The Balaban J connectivity index is 1.77. The molecule has 2 aliphatic carbocycles. The first kappa shape index (κ1) is 20.2. The van der Waals surface area contributed by atoms with E-state index in [-0.39, 0.29) is 11.4 Å². The van der Waals surface area contributed by atoms with Gasteiger partial charge in [0.2, 0.25) is 0 Å².